The number of hydrogen-bond acceptors (Lipinski definition) is 2. The summed E-state index contributed by atoms with van der Waals surface area (Å²) in [7, 11) is 0. The second-order valence-electron chi connectivity index (χ2n) is 3.70. The van der Waals surface area contributed by atoms with Crippen LogP contribution in [0.4, 0.5) is 0 Å². The van der Waals surface area contributed by atoms with Crippen molar-refractivity contribution in [1.29, 1.82) is 0 Å². The summed E-state index contributed by atoms with van der Waals surface area (Å²) >= 11 is 0. The lowest BCUT2D eigenvalue weighted by molar-refractivity contribution is 0.473. The zero-order valence-corrected chi connectivity index (χ0v) is 8.86. The van der Waals surface area contributed by atoms with Gasteiger partial charge >= 0.3 is 0 Å². The van der Waals surface area contributed by atoms with Gasteiger partial charge in [0.25, 0.3) is 0 Å². The van der Waals surface area contributed by atoms with Crippen LogP contribution in [0.3, 0.4) is 0 Å². The number of pyridine rings is 1. The zero-order chi connectivity index (χ0) is 10.8. The molecule has 0 radical (unpaired) electrons. The molecule has 2 nitrogen and oxygen atoms in total. The molecule has 1 heterocycles. The van der Waals surface area contributed by atoms with Crippen LogP contribution >= 0.6 is 0 Å². The SMILES string of the molecule is Cc1cccc(C)c1-c1cncc(O)c1. The standard InChI is InChI=1S/C13H13NO/c1-9-4-3-5-10(2)13(9)11-6-12(15)8-14-7-11/h3-8,15H,1-2H3. The van der Waals surface area contributed by atoms with Gasteiger partial charge in [0.1, 0.15) is 5.75 Å². The minimum absolute atomic E-state index is 0.204. The Morgan fingerprint density at radius 1 is 1.07 bits per heavy atom. The lowest BCUT2D eigenvalue weighted by Gasteiger charge is -2.09. The van der Waals surface area contributed by atoms with E-state index < -0.39 is 0 Å². The van der Waals surface area contributed by atoms with Crippen LogP contribution in [0.2, 0.25) is 0 Å². The molecule has 0 amide bonds. The smallest absolute Gasteiger partial charge is 0.134 e. The van der Waals surface area contributed by atoms with Gasteiger partial charge in [0.2, 0.25) is 0 Å². The quantitative estimate of drug-likeness (QED) is 0.765. The normalized spacial score (nSPS) is 10.3. The second kappa shape index (κ2) is 3.73. The molecule has 0 fully saturated rings. The van der Waals surface area contributed by atoms with Gasteiger partial charge < -0.3 is 5.11 Å². The Hall–Kier alpha value is -1.83. The molecule has 0 atom stereocenters. The third-order valence-corrected chi connectivity index (χ3v) is 2.49. The molecule has 0 aliphatic heterocycles. The number of aromatic nitrogens is 1. The van der Waals surface area contributed by atoms with Crippen LogP contribution in [0.1, 0.15) is 11.1 Å². The van der Waals surface area contributed by atoms with Gasteiger partial charge in [0, 0.05) is 11.8 Å². The lowest BCUT2D eigenvalue weighted by atomic mass is 9.97. The minimum Gasteiger partial charge on any atom is -0.506 e. The molecule has 1 N–H and O–H groups in total. The molecule has 15 heavy (non-hydrogen) atoms. The van der Waals surface area contributed by atoms with Gasteiger partial charge in [-0.05, 0) is 36.6 Å². The molecule has 0 unspecified atom stereocenters. The van der Waals surface area contributed by atoms with E-state index in [0.29, 0.717) is 0 Å². The van der Waals surface area contributed by atoms with Gasteiger partial charge in [0.05, 0.1) is 6.20 Å². The first-order valence-electron chi connectivity index (χ1n) is 4.89. The molecule has 0 saturated heterocycles. The molecule has 0 saturated carbocycles. The second-order valence-corrected chi connectivity index (χ2v) is 3.70. The van der Waals surface area contributed by atoms with Crippen molar-refractivity contribution < 1.29 is 5.11 Å². The van der Waals surface area contributed by atoms with Gasteiger partial charge in [-0.25, -0.2) is 0 Å². The Kier molecular flexibility index (Phi) is 2.42. The molecular weight excluding hydrogens is 186 g/mol. The highest BCUT2D eigenvalue weighted by molar-refractivity contribution is 5.70. The van der Waals surface area contributed by atoms with Crippen LogP contribution < -0.4 is 0 Å². The average Bonchev–Trinajstić information content (AvgIpc) is 2.17. The predicted molar refractivity (Wildman–Crippen MR) is 60.8 cm³/mol. The topological polar surface area (TPSA) is 33.1 Å². The molecule has 1 aromatic carbocycles. The van der Waals surface area contributed by atoms with Crippen LogP contribution in [0.25, 0.3) is 11.1 Å². The van der Waals surface area contributed by atoms with Crippen LogP contribution in [0, 0.1) is 13.8 Å². The predicted octanol–water partition coefficient (Wildman–Crippen LogP) is 3.07. The van der Waals surface area contributed by atoms with E-state index in [4.69, 9.17) is 0 Å². The maximum atomic E-state index is 9.39. The summed E-state index contributed by atoms with van der Waals surface area (Å²) in [6.07, 6.45) is 3.21. The Morgan fingerprint density at radius 2 is 1.73 bits per heavy atom. The summed E-state index contributed by atoms with van der Waals surface area (Å²) < 4.78 is 0. The third-order valence-electron chi connectivity index (χ3n) is 2.49. The number of aryl methyl sites for hydroxylation is 2. The highest BCUT2D eigenvalue weighted by Crippen LogP contribution is 2.28. The summed E-state index contributed by atoms with van der Waals surface area (Å²) in [6.45, 7) is 4.12. The van der Waals surface area contributed by atoms with Crippen molar-refractivity contribution in [2.24, 2.45) is 0 Å². The number of aromatic hydroxyl groups is 1. The number of rotatable bonds is 1. The Balaban J connectivity index is 2.63. The first-order valence-corrected chi connectivity index (χ1v) is 4.89. The summed E-state index contributed by atoms with van der Waals surface area (Å²) in [4.78, 5) is 3.99. The van der Waals surface area contributed by atoms with E-state index in [1.165, 1.54) is 17.3 Å². The maximum absolute atomic E-state index is 9.39. The molecule has 2 heteroatoms. The minimum atomic E-state index is 0.204. The van der Waals surface area contributed by atoms with Gasteiger partial charge in [0.15, 0.2) is 0 Å². The fourth-order valence-corrected chi connectivity index (χ4v) is 1.83. The van der Waals surface area contributed by atoms with Crippen molar-refractivity contribution in [3.8, 4) is 16.9 Å². The van der Waals surface area contributed by atoms with E-state index >= 15 is 0 Å². The summed E-state index contributed by atoms with van der Waals surface area (Å²) in [5, 5.41) is 9.39. The largest absolute Gasteiger partial charge is 0.506 e. The molecule has 76 valence electrons. The molecule has 0 aliphatic rings. The van der Waals surface area contributed by atoms with Crippen molar-refractivity contribution in [2.45, 2.75) is 13.8 Å². The van der Waals surface area contributed by atoms with Crippen LogP contribution in [-0.2, 0) is 0 Å². The van der Waals surface area contributed by atoms with E-state index in [1.54, 1.807) is 12.3 Å². The Morgan fingerprint density at radius 3 is 2.33 bits per heavy atom. The average molecular weight is 199 g/mol. The first-order chi connectivity index (χ1) is 7.18. The highest BCUT2D eigenvalue weighted by atomic mass is 16.3. The van der Waals surface area contributed by atoms with Crippen molar-refractivity contribution in [2.75, 3.05) is 0 Å². The Bertz CT molecular complexity index is 471. The van der Waals surface area contributed by atoms with Crippen molar-refractivity contribution in [3.63, 3.8) is 0 Å². The number of benzene rings is 1. The summed E-state index contributed by atoms with van der Waals surface area (Å²) in [5.41, 5.74) is 4.51. The van der Waals surface area contributed by atoms with Crippen molar-refractivity contribution in [3.05, 3.63) is 47.8 Å². The highest BCUT2D eigenvalue weighted by Gasteiger charge is 2.05. The van der Waals surface area contributed by atoms with E-state index in [9.17, 15) is 5.11 Å². The first kappa shape index (κ1) is 9.71. The lowest BCUT2D eigenvalue weighted by Crippen LogP contribution is -1.88. The third kappa shape index (κ3) is 1.84. The van der Waals surface area contributed by atoms with Crippen LogP contribution in [0.15, 0.2) is 36.7 Å². The van der Waals surface area contributed by atoms with Gasteiger partial charge in [-0.1, -0.05) is 18.2 Å². The Labute approximate surface area is 89.2 Å². The fraction of sp³-hybridized carbons (Fsp3) is 0.154. The molecule has 0 aliphatic carbocycles. The van der Waals surface area contributed by atoms with E-state index in [2.05, 4.69) is 31.0 Å². The number of hydrogen-bond donors (Lipinski definition) is 1. The molecule has 0 spiro atoms. The fourth-order valence-electron chi connectivity index (χ4n) is 1.83. The molecule has 1 aromatic heterocycles. The molecular formula is C13H13NO. The molecule has 0 bridgehead atoms. The van der Waals surface area contributed by atoms with Crippen LogP contribution in [-0.4, -0.2) is 10.1 Å². The van der Waals surface area contributed by atoms with Gasteiger partial charge in [-0.2, -0.15) is 0 Å². The van der Waals surface area contributed by atoms with E-state index in [-0.39, 0.29) is 5.75 Å². The van der Waals surface area contributed by atoms with E-state index in [1.807, 2.05) is 6.07 Å². The summed E-state index contributed by atoms with van der Waals surface area (Å²) in [6, 6.07) is 7.89. The maximum Gasteiger partial charge on any atom is 0.134 e. The van der Waals surface area contributed by atoms with Gasteiger partial charge in [-0.15, -0.1) is 0 Å². The van der Waals surface area contributed by atoms with Crippen LogP contribution in [0.5, 0.6) is 5.75 Å². The summed E-state index contributed by atoms with van der Waals surface area (Å²) in [5.74, 6) is 0.204. The zero-order valence-electron chi connectivity index (χ0n) is 8.86. The van der Waals surface area contributed by atoms with Gasteiger partial charge in [-0.3, -0.25) is 4.98 Å². The van der Waals surface area contributed by atoms with Crippen molar-refractivity contribution >= 4 is 0 Å². The van der Waals surface area contributed by atoms with Crippen molar-refractivity contribution in [1.82, 2.24) is 4.98 Å². The van der Waals surface area contributed by atoms with E-state index in [0.717, 1.165) is 11.1 Å². The molecule has 2 aromatic rings. The number of nitrogens with zero attached hydrogens (tertiary/aromatic N) is 1. The molecule has 2 rings (SSSR count). The monoisotopic (exact) mass is 199 g/mol.